The van der Waals surface area contributed by atoms with Crippen LogP contribution in [0.4, 0.5) is 10.5 Å². The number of fused-ring (bicyclic) bond motifs is 2. The van der Waals surface area contributed by atoms with Gasteiger partial charge in [0.25, 0.3) is 0 Å². The molecule has 0 fully saturated rings. The number of urea groups is 1. The van der Waals surface area contributed by atoms with Gasteiger partial charge in [-0.2, -0.15) is 5.26 Å². The molecule has 6 nitrogen and oxygen atoms in total. The van der Waals surface area contributed by atoms with Crippen molar-refractivity contribution in [3.63, 3.8) is 0 Å². The molecule has 0 aromatic heterocycles. The largest absolute Gasteiger partial charge is 0.386 e. The van der Waals surface area contributed by atoms with Gasteiger partial charge in [0.1, 0.15) is 0 Å². The summed E-state index contributed by atoms with van der Waals surface area (Å²) in [6, 6.07) is 8.60. The first kappa shape index (κ1) is 20.6. The summed E-state index contributed by atoms with van der Waals surface area (Å²) in [5, 5.41) is 22.8. The number of amides is 2. The molecule has 0 saturated carbocycles. The molecular weight excluding hydrogens is 398 g/mol. The Bertz CT molecular complexity index is 1060. The zero-order valence-electron chi connectivity index (χ0n) is 17.2. The molecule has 156 valence electrons. The van der Waals surface area contributed by atoms with E-state index in [1.54, 1.807) is 38.1 Å². The Morgan fingerprint density at radius 1 is 1.10 bits per heavy atom. The second-order valence-electron chi connectivity index (χ2n) is 8.39. The number of hydrogen-bond donors (Lipinski definition) is 3. The number of nitrogens with zero attached hydrogens (tertiary/aromatic N) is 1. The quantitative estimate of drug-likeness (QED) is 0.699. The van der Waals surface area contributed by atoms with Crippen molar-refractivity contribution in [2.75, 3.05) is 5.32 Å². The first-order valence-electron chi connectivity index (χ1n) is 10.2. The van der Waals surface area contributed by atoms with Crippen LogP contribution in [0.25, 0.3) is 0 Å². The molecule has 7 heteroatoms. The van der Waals surface area contributed by atoms with Crippen molar-refractivity contribution >= 4 is 22.7 Å². The average Bonchev–Trinajstić information content (AvgIpc) is 3.37. The summed E-state index contributed by atoms with van der Waals surface area (Å²) in [6.07, 6.45) is 5.33. The van der Waals surface area contributed by atoms with Crippen LogP contribution in [0, 0.1) is 11.3 Å². The molecule has 2 aromatic rings. The second-order valence-corrected chi connectivity index (χ2v) is 9.61. The third-order valence-electron chi connectivity index (χ3n) is 5.93. The number of nitriles is 1. The van der Waals surface area contributed by atoms with Gasteiger partial charge in [-0.05, 0) is 92.3 Å². The zero-order valence-corrected chi connectivity index (χ0v) is 18.0. The molecule has 1 unspecified atom stereocenters. The summed E-state index contributed by atoms with van der Waals surface area (Å²) in [4.78, 5) is 13.1. The topological polar surface area (TPSA) is 102 Å². The maximum absolute atomic E-state index is 12.7. The summed E-state index contributed by atoms with van der Waals surface area (Å²) in [7, 11) is -1.76. The lowest BCUT2D eigenvalue weighted by Crippen LogP contribution is -2.31. The van der Waals surface area contributed by atoms with E-state index in [0.29, 0.717) is 10.5 Å². The highest BCUT2D eigenvalue weighted by Gasteiger charge is 2.29. The van der Waals surface area contributed by atoms with Crippen molar-refractivity contribution in [2.45, 2.75) is 62.9 Å². The zero-order chi connectivity index (χ0) is 21.5. The van der Waals surface area contributed by atoms with Crippen molar-refractivity contribution in [2.24, 2.45) is 0 Å². The molecule has 2 aromatic carbocycles. The number of benzene rings is 2. The lowest BCUT2D eigenvalue weighted by atomic mass is 9.93. The fourth-order valence-corrected chi connectivity index (χ4v) is 5.29. The number of nitrogens with one attached hydrogen (secondary N) is 2. The van der Waals surface area contributed by atoms with Crippen LogP contribution >= 0.6 is 0 Å². The SMILES string of the molecule is CC(C)(O)c1cccc(S(=O)NC(=O)Nc2c3c(c(C#N)c4c2CCC4)CCC3)c1. The molecule has 0 heterocycles. The minimum Gasteiger partial charge on any atom is -0.386 e. The van der Waals surface area contributed by atoms with Gasteiger partial charge in [-0.1, -0.05) is 12.1 Å². The monoisotopic (exact) mass is 423 g/mol. The van der Waals surface area contributed by atoms with Gasteiger partial charge in [0, 0.05) is 5.69 Å². The van der Waals surface area contributed by atoms with Gasteiger partial charge in [-0.15, -0.1) is 0 Å². The molecule has 0 aliphatic heterocycles. The summed E-state index contributed by atoms with van der Waals surface area (Å²) < 4.78 is 15.2. The highest BCUT2D eigenvalue weighted by molar-refractivity contribution is 7.83. The van der Waals surface area contributed by atoms with Crippen molar-refractivity contribution in [3.05, 3.63) is 57.6 Å². The van der Waals surface area contributed by atoms with Gasteiger partial charge < -0.3 is 10.4 Å². The van der Waals surface area contributed by atoms with E-state index in [1.165, 1.54) is 0 Å². The van der Waals surface area contributed by atoms with Crippen LogP contribution in [0.1, 0.15) is 60.1 Å². The number of anilines is 1. The minimum atomic E-state index is -1.76. The normalized spacial score (nSPS) is 15.8. The van der Waals surface area contributed by atoms with Gasteiger partial charge in [0.05, 0.1) is 22.1 Å². The van der Waals surface area contributed by atoms with Crippen LogP contribution in [0.2, 0.25) is 0 Å². The Balaban J connectivity index is 1.58. The Morgan fingerprint density at radius 2 is 1.70 bits per heavy atom. The van der Waals surface area contributed by atoms with Gasteiger partial charge in [0.2, 0.25) is 0 Å². The van der Waals surface area contributed by atoms with Crippen LogP contribution in [-0.4, -0.2) is 15.3 Å². The molecule has 0 radical (unpaired) electrons. The first-order valence-corrected chi connectivity index (χ1v) is 11.4. The number of rotatable bonds is 4. The molecular formula is C23H25N3O3S. The maximum Gasteiger partial charge on any atom is 0.331 e. The van der Waals surface area contributed by atoms with Crippen LogP contribution in [0.15, 0.2) is 29.2 Å². The third kappa shape index (κ3) is 3.73. The summed E-state index contributed by atoms with van der Waals surface area (Å²) in [5.41, 5.74) is 5.39. The third-order valence-corrected chi connectivity index (χ3v) is 6.99. The van der Waals surface area contributed by atoms with Gasteiger partial charge in [-0.25, -0.2) is 9.00 Å². The molecule has 2 aliphatic carbocycles. The average molecular weight is 424 g/mol. The molecule has 3 N–H and O–H groups in total. The summed E-state index contributed by atoms with van der Waals surface area (Å²) in [5.74, 6) is 0. The van der Waals surface area contributed by atoms with E-state index in [0.717, 1.165) is 72.0 Å². The Hall–Kier alpha value is -2.69. The second kappa shape index (κ2) is 7.86. The van der Waals surface area contributed by atoms with E-state index in [2.05, 4.69) is 16.1 Å². The number of carbonyl (C=O) groups excluding carboxylic acids is 1. The fourth-order valence-electron chi connectivity index (χ4n) is 4.52. The van der Waals surface area contributed by atoms with Crippen LogP contribution in [-0.2, 0) is 42.3 Å². The molecule has 1 atom stereocenters. The highest BCUT2D eigenvalue weighted by Crippen LogP contribution is 2.41. The minimum absolute atomic E-state index is 0.417. The summed E-state index contributed by atoms with van der Waals surface area (Å²) in [6.45, 7) is 3.31. The Morgan fingerprint density at radius 3 is 2.27 bits per heavy atom. The number of aliphatic hydroxyl groups is 1. The smallest absolute Gasteiger partial charge is 0.331 e. The molecule has 0 saturated heterocycles. The van der Waals surface area contributed by atoms with Crippen LogP contribution < -0.4 is 10.0 Å². The predicted molar refractivity (Wildman–Crippen MR) is 115 cm³/mol. The van der Waals surface area contributed by atoms with Crippen molar-refractivity contribution in [1.82, 2.24) is 4.72 Å². The Labute approximate surface area is 178 Å². The van der Waals surface area contributed by atoms with E-state index < -0.39 is 22.6 Å². The van der Waals surface area contributed by atoms with Crippen LogP contribution in [0.5, 0.6) is 0 Å². The predicted octanol–water partition coefficient (Wildman–Crippen LogP) is 3.61. The molecule has 0 bridgehead atoms. The van der Waals surface area contributed by atoms with E-state index in [9.17, 15) is 19.4 Å². The fraction of sp³-hybridized carbons (Fsp3) is 0.391. The molecule has 2 amide bonds. The lowest BCUT2D eigenvalue weighted by molar-refractivity contribution is 0.0784. The highest BCUT2D eigenvalue weighted by atomic mass is 32.2. The van der Waals surface area contributed by atoms with Crippen molar-refractivity contribution in [1.29, 1.82) is 5.26 Å². The number of carbonyl (C=O) groups is 1. The number of hydrogen-bond acceptors (Lipinski definition) is 4. The van der Waals surface area contributed by atoms with E-state index >= 15 is 0 Å². The van der Waals surface area contributed by atoms with Crippen molar-refractivity contribution < 1.29 is 14.1 Å². The van der Waals surface area contributed by atoms with E-state index in [1.807, 2.05) is 0 Å². The van der Waals surface area contributed by atoms with Gasteiger partial charge >= 0.3 is 6.03 Å². The van der Waals surface area contributed by atoms with Gasteiger partial charge in [0.15, 0.2) is 11.0 Å². The van der Waals surface area contributed by atoms with Crippen LogP contribution in [0.3, 0.4) is 0 Å². The molecule has 30 heavy (non-hydrogen) atoms. The lowest BCUT2D eigenvalue weighted by Gasteiger charge is -2.19. The van der Waals surface area contributed by atoms with E-state index in [4.69, 9.17) is 0 Å². The summed E-state index contributed by atoms with van der Waals surface area (Å²) >= 11 is 0. The van der Waals surface area contributed by atoms with E-state index in [-0.39, 0.29) is 0 Å². The molecule has 0 spiro atoms. The Kier molecular flexibility index (Phi) is 5.39. The molecule has 2 aliphatic rings. The standard InChI is InChI=1S/C23H25N3O3S/c1-23(2,28)14-6-3-7-15(12-14)30(29)26-22(27)25-21-18-10-4-8-16(18)20(13-24)17-9-5-11-19(17)21/h3,6-7,12,28H,4-5,8-11H2,1-2H3,(H2,25,26,27). The van der Waals surface area contributed by atoms with Gasteiger partial charge in [-0.3, -0.25) is 4.72 Å². The maximum atomic E-state index is 12.7. The molecule has 4 rings (SSSR count). The van der Waals surface area contributed by atoms with Crippen molar-refractivity contribution in [3.8, 4) is 6.07 Å². The first-order chi connectivity index (χ1) is 14.3.